The second-order valence-corrected chi connectivity index (χ2v) is 6.03. The third kappa shape index (κ3) is 4.28. The topological polar surface area (TPSA) is 78.9 Å². The Morgan fingerprint density at radius 3 is 3.00 bits per heavy atom. The lowest BCUT2D eigenvalue weighted by Gasteiger charge is -2.36. The Balaban J connectivity index is 1.88. The molecule has 0 aromatic carbocycles. The van der Waals surface area contributed by atoms with E-state index >= 15 is 0 Å². The Hall–Kier alpha value is -0.950. The number of hydrogen-bond acceptors (Lipinski definition) is 4. The van der Waals surface area contributed by atoms with Gasteiger partial charge in [-0.1, -0.05) is 0 Å². The number of carboxylic acids is 1. The number of hydrogen-bond donors (Lipinski definition) is 2. The van der Waals surface area contributed by atoms with Gasteiger partial charge in [0.25, 0.3) is 0 Å². The zero-order valence-corrected chi connectivity index (χ0v) is 11.7. The van der Waals surface area contributed by atoms with Crippen molar-refractivity contribution in [1.82, 2.24) is 10.2 Å². The minimum absolute atomic E-state index is 0.0155. The molecule has 2 unspecified atom stereocenters. The maximum absolute atomic E-state index is 12.2. The van der Waals surface area contributed by atoms with Gasteiger partial charge in [0.05, 0.1) is 25.1 Å². The molecule has 2 saturated heterocycles. The Bertz CT molecular complexity index is 334. The molecule has 2 aliphatic rings. The van der Waals surface area contributed by atoms with E-state index in [4.69, 9.17) is 9.84 Å². The van der Waals surface area contributed by atoms with E-state index in [1.165, 1.54) is 0 Å². The predicted octanol–water partition coefficient (Wildman–Crippen LogP) is 0.767. The molecule has 2 amide bonds. The molecule has 2 atom stereocenters. The molecule has 7 heteroatoms. The van der Waals surface area contributed by atoms with Crippen LogP contribution in [0.1, 0.15) is 19.3 Å². The molecule has 0 saturated carbocycles. The summed E-state index contributed by atoms with van der Waals surface area (Å²) in [6.45, 7) is 1.92. The number of rotatable bonds is 3. The Kier molecular flexibility index (Phi) is 5.33. The maximum atomic E-state index is 12.2. The van der Waals surface area contributed by atoms with Crippen LogP contribution in [0, 0.1) is 0 Å². The van der Waals surface area contributed by atoms with Gasteiger partial charge in [-0.15, -0.1) is 0 Å². The van der Waals surface area contributed by atoms with Gasteiger partial charge in [-0.3, -0.25) is 4.79 Å². The zero-order chi connectivity index (χ0) is 13.7. The predicted molar refractivity (Wildman–Crippen MR) is 72.4 cm³/mol. The summed E-state index contributed by atoms with van der Waals surface area (Å²) in [7, 11) is 0. The molecule has 6 nitrogen and oxygen atoms in total. The van der Waals surface area contributed by atoms with Gasteiger partial charge in [-0.25, -0.2) is 4.79 Å². The number of carbonyl (C=O) groups excluding carboxylic acids is 1. The van der Waals surface area contributed by atoms with Crippen LogP contribution in [0.25, 0.3) is 0 Å². The number of carbonyl (C=O) groups is 2. The minimum Gasteiger partial charge on any atom is -0.481 e. The van der Waals surface area contributed by atoms with Crippen LogP contribution in [0.4, 0.5) is 4.79 Å². The van der Waals surface area contributed by atoms with Crippen molar-refractivity contribution >= 4 is 23.8 Å². The van der Waals surface area contributed by atoms with Crippen LogP contribution in [0.15, 0.2) is 0 Å². The summed E-state index contributed by atoms with van der Waals surface area (Å²) in [6.07, 6.45) is 1.90. The average Bonchev–Trinajstić information content (AvgIpc) is 2.39. The number of nitrogens with zero attached hydrogens (tertiary/aromatic N) is 1. The molecule has 2 rings (SSSR count). The minimum atomic E-state index is -0.855. The molecule has 108 valence electrons. The highest BCUT2D eigenvalue weighted by atomic mass is 32.2. The summed E-state index contributed by atoms with van der Waals surface area (Å²) < 4.78 is 5.33. The molecule has 0 aromatic rings. The highest BCUT2D eigenvalue weighted by Gasteiger charge is 2.30. The van der Waals surface area contributed by atoms with Crippen molar-refractivity contribution in [1.29, 1.82) is 0 Å². The van der Waals surface area contributed by atoms with E-state index < -0.39 is 5.97 Å². The van der Waals surface area contributed by atoms with Crippen LogP contribution in [-0.2, 0) is 9.53 Å². The summed E-state index contributed by atoms with van der Waals surface area (Å²) in [4.78, 5) is 24.7. The maximum Gasteiger partial charge on any atom is 0.318 e. The molecule has 2 heterocycles. The Morgan fingerprint density at radius 1 is 1.47 bits per heavy atom. The molecule has 0 spiro atoms. The van der Waals surface area contributed by atoms with Crippen LogP contribution >= 0.6 is 11.8 Å². The molecule has 0 bridgehead atoms. The van der Waals surface area contributed by atoms with Crippen molar-refractivity contribution in [2.75, 3.05) is 31.3 Å². The number of ether oxygens (including phenoxy) is 1. The van der Waals surface area contributed by atoms with Gasteiger partial charge in [-0.05, 0) is 12.8 Å². The molecule has 2 aliphatic heterocycles. The van der Waals surface area contributed by atoms with Crippen LogP contribution in [0.3, 0.4) is 0 Å². The molecule has 0 aliphatic carbocycles. The van der Waals surface area contributed by atoms with Gasteiger partial charge >= 0.3 is 12.0 Å². The first-order chi connectivity index (χ1) is 9.16. The number of carboxylic acid groups (broad SMARTS) is 1. The third-order valence-electron chi connectivity index (χ3n) is 3.39. The number of urea groups is 1. The number of nitrogens with one attached hydrogen (secondary N) is 1. The fourth-order valence-corrected chi connectivity index (χ4v) is 3.47. The Morgan fingerprint density at radius 2 is 2.32 bits per heavy atom. The summed E-state index contributed by atoms with van der Waals surface area (Å²) in [5, 5.41) is 11.9. The van der Waals surface area contributed by atoms with Crippen LogP contribution in [0.5, 0.6) is 0 Å². The van der Waals surface area contributed by atoms with Crippen LogP contribution in [-0.4, -0.2) is 65.4 Å². The molecular formula is C12H20N2O4S. The summed E-state index contributed by atoms with van der Waals surface area (Å²) in [5.41, 5.74) is 0. The average molecular weight is 288 g/mol. The van der Waals surface area contributed by atoms with E-state index in [2.05, 4.69) is 5.32 Å². The van der Waals surface area contributed by atoms with Gasteiger partial charge < -0.3 is 20.1 Å². The number of aliphatic carboxylic acids is 1. The van der Waals surface area contributed by atoms with Crippen molar-refractivity contribution in [3.63, 3.8) is 0 Å². The first-order valence-electron chi connectivity index (χ1n) is 6.61. The quantitative estimate of drug-likeness (QED) is 0.802. The zero-order valence-electron chi connectivity index (χ0n) is 10.8. The van der Waals surface area contributed by atoms with E-state index in [-0.39, 0.29) is 24.5 Å². The van der Waals surface area contributed by atoms with Gasteiger partial charge in [0.15, 0.2) is 0 Å². The molecule has 2 fully saturated rings. The Labute approximate surface area is 116 Å². The van der Waals surface area contributed by atoms with Gasteiger partial charge in [0.1, 0.15) is 0 Å². The van der Waals surface area contributed by atoms with Crippen molar-refractivity contribution in [2.45, 2.75) is 31.3 Å². The van der Waals surface area contributed by atoms with E-state index in [0.717, 1.165) is 25.2 Å². The van der Waals surface area contributed by atoms with Crippen LogP contribution in [0.2, 0.25) is 0 Å². The lowest BCUT2D eigenvalue weighted by molar-refractivity contribution is -0.138. The SMILES string of the molecule is O=C(O)CC1CSCCN1C(=O)NC1CCCOC1. The monoisotopic (exact) mass is 288 g/mol. The van der Waals surface area contributed by atoms with Gasteiger partial charge in [0, 0.05) is 24.7 Å². The standard InChI is InChI=1S/C12H20N2O4S/c15-11(16)6-10-8-19-5-3-14(10)12(17)13-9-2-1-4-18-7-9/h9-10H,1-8H2,(H,13,17)(H,15,16). The van der Waals surface area contributed by atoms with Crippen molar-refractivity contribution in [3.8, 4) is 0 Å². The molecular weight excluding hydrogens is 268 g/mol. The lowest BCUT2D eigenvalue weighted by Crippen LogP contribution is -2.54. The van der Waals surface area contributed by atoms with E-state index in [0.29, 0.717) is 18.9 Å². The normalized spacial score (nSPS) is 27.9. The first-order valence-corrected chi connectivity index (χ1v) is 7.76. The summed E-state index contributed by atoms with van der Waals surface area (Å²) in [5.74, 6) is 0.706. The van der Waals surface area contributed by atoms with E-state index in [1.54, 1.807) is 16.7 Å². The third-order valence-corrected chi connectivity index (χ3v) is 4.48. The highest BCUT2D eigenvalue weighted by molar-refractivity contribution is 7.99. The molecule has 0 radical (unpaired) electrons. The number of thioether (sulfide) groups is 1. The van der Waals surface area contributed by atoms with Crippen molar-refractivity contribution < 1.29 is 19.4 Å². The molecule has 0 aromatic heterocycles. The second-order valence-electron chi connectivity index (χ2n) is 4.88. The largest absolute Gasteiger partial charge is 0.481 e. The second kappa shape index (κ2) is 7.00. The van der Waals surface area contributed by atoms with E-state index in [1.807, 2.05) is 0 Å². The number of amides is 2. The van der Waals surface area contributed by atoms with Gasteiger partial charge in [0.2, 0.25) is 0 Å². The smallest absolute Gasteiger partial charge is 0.318 e. The summed E-state index contributed by atoms with van der Waals surface area (Å²) >= 11 is 1.70. The first kappa shape index (κ1) is 14.5. The molecule has 2 N–H and O–H groups in total. The van der Waals surface area contributed by atoms with Gasteiger partial charge in [-0.2, -0.15) is 11.8 Å². The summed E-state index contributed by atoms with van der Waals surface area (Å²) in [6, 6.07) is -0.302. The van der Waals surface area contributed by atoms with Crippen molar-refractivity contribution in [2.24, 2.45) is 0 Å². The molecule has 19 heavy (non-hydrogen) atoms. The van der Waals surface area contributed by atoms with Crippen molar-refractivity contribution in [3.05, 3.63) is 0 Å². The fraction of sp³-hybridized carbons (Fsp3) is 0.833. The van der Waals surface area contributed by atoms with Crippen LogP contribution < -0.4 is 5.32 Å². The van der Waals surface area contributed by atoms with E-state index in [9.17, 15) is 9.59 Å². The fourth-order valence-electron chi connectivity index (χ4n) is 2.40. The lowest BCUT2D eigenvalue weighted by atomic mass is 10.1. The highest BCUT2D eigenvalue weighted by Crippen LogP contribution is 2.19.